The Morgan fingerprint density at radius 3 is 2.50 bits per heavy atom. The summed E-state index contributed by atoms with van der Waals surface area (Å²) < 4.78 is 5.11. The van der Waals surface area contributed by atoms with Crippen molar-refractivity contribution in [3.05, 3.63) is 0 Å². The lowest BCUT2D eigenvalue weighted by Crippen LogP contribution is -2.34. The van der Waals surface area contributed by atoms with Crippen molar-refractivity contribution in [1.29, 1.82) is 0 Å². The Morgan fingerprint density at radius 2 is 2.00 bits per heavy atom. The Labute approximate surface area is 96.2 Å². The van der Waals surface area contributed by atoms with Crippen LogP contribution in [-0.2, 0) is 14.3 Å². The van der Waals surface area contributed by atoms with Crippen LogP contribution < -0.4 is 5.32 Å². The summed E-state index contributed by atoms with van der Waals surface area (Å²) in [7, 11) is 0. The Hall–Kier alpha value is -1.10. The Morgan fingerprint density at radius 1 is 1.38 bits per heavy atom. The number of carboxylic acid groups (broad SMARTS) is 1. The van der Waals surface area contributed by atoms with Gasteiger partial charge in [0.2, 0.25) is 5.91 Å². The molecule has 16 heavy (non-hydrogen) atoms. The maximum Gasteiger partial charge on any atom is 0.309 e. The molecule has 0 fully saturated rings. The normalized spacial score (nSPS) is 11.2. The molecule has 0 atom stereocenters. The van der Waals surface area contributed by atoms with E-state index in [2.05, 4.69) is 5.32 Å². The van der Waals surface area contributed by atoms with E-state index >= 15 is 0 Å². The van der Waals surface area contributed by atoms with E-state index in [1.807, 2.05) is 6.92 Å². The van der Waals surface area contributed by atoms with Gasteiger partial charge in [0.1, 0.15) is 0 Å². The van der Waals surface area contributed by atoms with Crippen LogP contribution in [0.1, 0.15) is 33.6 Å². The molecule has 0 aromatic heterocycles. The van der Waals surface area contributed by atoms with Crippen LogP contribution in [0.25, 0.3) is 0 Å². The van der Waals surface area contributed by atoms with Crippen molar-refractivity contribution in [1.82, 2.24) is 5.32 Å². The molecule has 0 bridgehead atoms. The zero-order valence-electron chi connectivity index (χ0n) is 10.2. The molecule has 1 amide bonds. The van der Waals surface area contributed by atoms with Gasteiger partial charge in [-0.1, -0.05) is 0 Å². The van der Waals surface area contributed by atoms with E-state index in [1.165, 1.54) is 13.8 Å². The third-order valence-electron chi connectivity index (χ3n) is 2.17. The lowest BCUT2D eigenvalue weighted by atomic mass is 9.89. The zero-order valence-corrected chi connectivity index (χ0v) is 10.2. The highest BCUT2D eigenvalue weighted by atomic mass is 16.5. The number of carbonyl (C=O) groups is 2. The number of ether oxygens (including phenoxy) is 1. The molecule has 0 saturated carbocycles. The van der Waals surface area contributed by atoms with Gasteiger partial charge < -0.3 is 15.2 Å². The number of hydrogen-bond donors (Lipinski definition) is 2. The molecule has 0 radical (unpaired) electrons. The van der Waals surface area contributed by atoms with Crippen molar-refractivity contribution in [2.45, 2.75) is 33.6 Å². The second kappa shape index (κ2) is 7.22. The quantitative estimate of drug-likeness (QED) is 0.612. The minimum absolute atomic E-state index is 0.00301. The number of carboxylic acids is 1. The van der Waals surface area contributed by atoms with Crippen LogP contribution in [0.4, 0.5) is 0 Å². The summed E-state index contributed by atoms with van der Waals surface area (Å²) >= 11 is 0. The van der Waals surface area contributed by atoms with E-state index in [9.17, 15) is 9.59 Å². The van der Waals surface area contributed by atoms with E-state index in [4.69, 9.17) is 9.84 Å². The summed E-state index contributed by atoms with van der Waals surface area (Å²) in [5.74, 6) is -1.19. The van der Waals surface area contributed by atoms with Crippen molar-refractivity contribution < 1.29 is 19.4 Å². The van der Waals surface area contributed by atoms with Crippen molar-refractivity contribution in [2.75, 3.05) is 19.8 Å². The van der Waals surface area contributed by atoms with Crippen LogP contribution in [-0.4, -0.2) is 36.7 Å². The molecule has 0 rings (SSSR count). The molecule has 0 aliphatic heterocycles. The molecule has 0 aliphatic rings. The first-order valence-electron chi connectivity index (χ1n) is 5.48. The smallest absolute Gasteiger partial charge is 0.309 e. The highest BCUT2D eigenvalue weighted by Crippen LogP contribution is 2.19. The molecule has 0 aliphatic carbocycles. The van der Waals surface area contributed by atoms with Gasteiger partial charge in [-0.3, -0.25) is 9.59 Å². The third-order valence-corrected chi connectivity index (χ3v) is 2.17. The fraction of sp³-hybridized carbons (Fsp3) is 0.818. The highest BCUT2D eigenvalue weighted by molar-refractivity contribution is 5.84. The summed E-state index contributed by atoms with van der Waals surface area (Å²) in [6.45, 7) is 6.78. The number of nitrogens with one attached hydrogen (secondary N) is 1. The van der Waals surface area contributed by atoms with E-state index < -0.39 is 11.4 Å². The molecule has 0 heterocycles. The van der Waals surface area contributed by atoms with Crippen molar-refractivity contribution >= 4 is 11.9 Å². The van der Waals surface area contributed by atoms with Gasteiger partial charge >= 0.3 is 5.97 Å². The van der Waals surface area contributed by atoms with Gasteiger partial charge in [-0.2, -0.15) is 0 Å². The maximum absolute atomic E-state index is 11.4. The molecule has 94 valence electrons. The summed E-state index contributed by atoms with van der Waals surface area (Å²) in [5.41, 5.74) is -1.01. The fourth-order valence-corrected chi connectivity index (χ4v) is 1.09. The van der Waals surface area contributed by atoms with Gasteiger partial charge in [0.25, 0.3) is 0 Å². The Bertz CT molecular complexity index is 238. The first kappa shape index (κ1) is 14.9. The number of hydrogen-bond acceptors (Lipinski definition) is 3. The zero-order chi connectivity index (χ0) is 12.6. The molecule has 0 aromatic carbocycles. The molecule has 5 heteroatoms. The molecule has 0 saturated heterocycles. The lowest BCUT2D eigenvalue weighted by Gasteiger charge is -2.18. The molecule has 0 spiro atoms. The monoisotopic (exact) mass is 231 g/mol. The minimum Gasteiger partial charge on any atom is -0.481 e. The van der Waals surface area contributed by atoms with Gasteiger partial charge in [0.05, 0.1) is 5.41 Å². The second-order valence-electron chi connectivity index (χ2n) is 4.27. The van der Waals surface area contributed by atoms with Crippen molar-refractivity contribution in [3.8, 4) is 0 Å². The first-order valence-corrected chi connectivity index (χ1v) is 5.48. The van der Waals surface area contributed by atoms with E-state index in [-0.39, 0.29) is 12.3 Å². The van der Waals surface area contributed by atoms with E-state index in [0.717, 1.165) is 6.42 Å². The van der Waals surface area contributed by atoms with Crippen LogP contribution in [0.15, 0.2) is 0 Å². The topological polar surface area (TPSA) is 75.6 Å². The summed E-state index contributed by atoms with van der Waals surface area (Å²) in [5, 5.41) is 11.5. The average molecular weight is 231 g/mol. The van der Waals surface area contributed by atoms with Crippen molar-refractivity contribution in [3.63, 3.8) is 0 Å². The second-order valence-corrected chi connectivity index (χ2v) is 4.27. The number of carbonyl (C=O) groups excluding carboxylic acids is 1. The molecule has 0 aromatic rings. The van der Waals surface area contributed by atoms with Crippen LogP contribution in [0, 0.1) is 5.41 Å². The number of rotatable bonds is 8. The molecule has 2 N–H and O–H groups in total. The van der Waals surface area contributed by atoms with Gasteiger partial charge in [-0.25, -0.2) is 0 Å². The van der Waals surface area contributed by atoms with Crippen LogP contribution >= 0.6 is 0 Å². The van der Waals surface area contributed by atoms with E-state index in [0.29, 0.717) is 19.8 Å². The summed E-state index contributed by atoms with van der Waals surface area (Å²) in [6.07, 6.45) is 0.740. The fourth-order valence-electron chi connectivity index (χ4n) is 1.09. The van der Waals surface area contributed by atoms with Crippen molar-refractivity contribution in [2.24, 2.45) is 5.41 Å². The van der Waals surface area contributed by atoms with Crippen LogP contribution in [0.3, 0.4) is 0 Å². The molecule has 5 nitrogen and oxygen atoms in total. The maximum atomic E-state index is 11.4. The lowest BCUT2D eigenvalue weighted by molar-refractivity contribution is -0.149. The third kappa shape index (κ3) is 6.40. The first-order chi connectivity index (χ1) is 7.40. The predicted molar refractivity (Wildman–Crippen MR) is 60.2 cm³/mol. The van der Waals surface area contributed by atoms with Crippen LogP contribution in [0.5, 0.6) is 0 Å². The highest BCUT2D eigenvalue weighted by Gasteiger charge is 2.29. The number of aliphatic carboxylic acids is 1. The molecular weight excluding hydrogens is 210 g/mol. The predicted octanol–water partition coefficient (Wildman–Crippen LogP) is 1.03. The number of amides is 1. The minimum atomic E-state index is -1.01. The molecular formula is C11H21NO4. The van der Waals surface area contributed by atoms with E-state index in [1.54, 1.807) is 0 Å². The Balaban J connectivity index is 3.71. The summed E-state index contributed by atoms with van der Waals surface area (Å²) in [6, 6.07) is 0. The molecule has 0 unspecified atom stereocenters. The largest absolute Gasteiger partial charge is 0.481 e. The summed E-state index contributed by atoms with van der Waals surface area (Å²) in [4.78, 5) is 22.2. The van der Waals surface area contributed by atoms with Gasteiger partial charge in [0, 0.05) is 26.2 Å². The van der Waals surface area contributed by atoms with Gasteiger partial charge in [-0.15, -0.1) is 0 Å². The van der Waals surface area contributed by atoms with Gasteiger partial charge in [-0.05, 0) is 27.2 Å². The van der Waals surface area contributed by atoms with Crippen LogP contribution in [0.2, 0.25) is 0 Å². The standard InChI is InChI=1S/C11H21NO4/c1-4-16-7-5-6-12-9(13)8-11(2,3)10(14)15/h4-8H2,1-3H3,(H,12,13)(H,14,15). The SMILES string of the molecule is CCOCCCNC(=O)CC(C)(C)C(=O)O. The van der Waals surface area contributed by atoms with Gasteiger partial charge in [0.15, 0.2) is 0 Å². The Kier molecular flexibility index (Phi) is 6.72. The average Bonchev–Trinajstić information content (AvgIpc) is 2.16.